The molecule has 1 aromatic heterocycles. The number of hydrogen-bond acceptors (Lipinski definition) is 9. The summed E-state index contributed by atoms with van der Waals surface area (Å²) in [6, 6.07) is 11.8. The van der Waals surface area contributed by atoms with Crippen molar-refractivity contribution in [3.63, 3.8) is 0 Å². The number of rotatable bonds is 5. The van der Waals surface area contributed by atoms with Gasteiger partial charge in [0.05, 0.1) is 29.9 Å². The van der Waals surface area contributed by atoms with Gasteiger partial charge in [0.1, 0.15) is 34.3 Å². The van der Waals surface area contributed by atoms with E-state index in [2.05, 4.69) is 11.0 Å². The van der Waals surface area contributed by atoms with E-state index in [0.717, 1.165) is 24.2 Å². The summed E-state index contributed by atoms with van der Waals surface area (Å²) in [7, 11) is 3.21. The Morgan fingerprint density at radius 1 is 1.37 bits per heavy atom. The number of nitrogens with two attached hydrogens (primary N) is 1. The monoisotopic (exact) mass is 491 g/mol. The van der Waals surface area contributed by atoms with Crippen LogP contribution in [0.2, 0.25) is 0 Å². The maximum atomic E-state index is 14.8. The molecule has 0 fully saturated rings. The molecule has 0 radical (unpaired) electrons. The van der Waals surface area contributed by atoms with E-state index in [-0.39, 0.29) is 34.1 Å². The SMILES string of the molecule is COC(=O)C1=C(CSc2nc3c(cc2C#N)CN(C)CC3)OC(N)=C(C#N)[C@@H]1c1ccccc1F. The third-order valence-electron chi connectivity index (χ3n) is 5.91. The van der Waals surface area contributed by atoms with E-state index in [9.17, 15) is 19.7 Å². The molecule has 0 spiro atoms. The second-order valence-electron chi connectivity index (χ2n) is 8.11. The first-order valence-corrected chi connectivity index (χ1v) is 11.7. The molecule has 4 rings (SSSR count). The minimum Gasteiger partial charge on any atom is -0.466 e. The fourth-order valence-corrected chi connectivity index (χ4v) is 5.11. The van der Waals surface area contributed by atoms with Crippen LogP contribution >= 0.6 is 11.8 Å². The quantitative estimate of drug-likeness (QED) is 0.496. The lowest BCUT2D eigenvalue weighted by molar-refractivity contribution is -0.136. The van der Waals surface area contributed by atoms with Gasteiger partial charge in [-0.3, -0.25) is 0 Å². The molecule has 2 N–H and O–H groups in total. The van der Waals surface area contributed by atoms with Crippen LogP contribution in [0.3, 0.4) is 0 Å². The van der Waals surface area contributed by atoms with Crippen molar-refractivity contribution >= 4 is 17.7 Å². The summed E-state index contributed by atoms with van der Waals surface area (Å²) in [5, 5.41) is 19.9. The van der Waals surface area contributed by atoms with Gasteiger partial charge in [-0.15, -0.1) is 0 Å². The summed E-state index contributed by atoms with van der Waals surface area (Å²) in [4.78, 5) is 19.7. The van der Waals surface area contributed by atoms with Gasteiger partial charge in [0.2, 0.25) is 5.88 Å². The molecule has 10 heteroatoms. The normalized spacial score (nSPS) is 17.8. The summed E-state index contributed by atoms with van der Waals surface area (Å²) in [6.07, 6.45) is 0.758. The molecule has 0 amide bonds. The predicted octanol–water partition coefficient (Wildman–Crippen LogP) is 3.11. The minimum atomic E-state index is -1.10. The lowest BCUT2D eigenvalue weighted by Crippen LogP contribution is -2.28. The molecule has 1 atom stereocenters. The van der Waals surface area contributed by atoms with Gasteiger partial charge < -0.3 is 20.1 Å². The zero-order valence-electron chi connectivity index (χ0n) is 19.2. The van der Waals surface area contributed by atoms with E-state index in [1.54, 1.807) is 6.07 Å². The Morgan fingerprint density at radius 3 is 2.83 bits per heavy atom. The molecule has 0 unspecified atom stereocenters. The van der Waals surface area contributed by atoms with Crippen molar-refractivity contribution in [1.29, 1.82) is 10.5 Å². The van der Waals surface area contributed by atoms with Crippen molar-refractivity contribution in [2.24, 2.45) is 5.73 Å². The van der Waals surface area contributed by atoms with Crippen molar-refractivity contribution in [3.05, 3.63) is 81.3 Å². The highest BCUT2D eigenvalue weighted by Crippen LogP contribution is 2.42. The van der Waals surface area contributed by atoms with Gasteiger partial charge in [-0.25, -0.2) is 14.2 Å². The zero-order valence-corrected chi connectivity index (χ0v) is 20.0. The molecular formula is C25H22FN5O3S. The molecule has 0 aliphatic carbocycles. The Labute approximate surface area is 206 Å². The third-order valence-corrected chi connectivity index (χ3v) is 6.90. The van der Waals surface area contributed by atoms with E-state index in [0.29, 0.717) is 17.1 Å². The maximum Gasteiger partial charge on any atom is 0.338 e. The second kappa shape index (κ2) is 10.2. The van der Waals surface area contributed by atoms with E-state index >= 15 is 0 Å². The Morgan fingerprint density at radius 2 is 2.14 bits per heavy atom. The van der Waals surface area contributed by atoms with Gasteiger partial charge in [-0.2, -0.15) is 10.5 Å². The number of pyridine rings is 1. The highest BCUT2D eigenvalue weighted by atomic mass is 32.2. The van der Waals surface area contributed by atoms with Crippen LogP contribution in [0, 0.1) is 28.5 Å². The average Bonchev–Trinajstić information content (AvgIpc) is 2.86. The van der Waals surface area contributed by atoms with Crippen LogP contribution in [0.4, 0.5) is 4.39 Å². The van der Waals surface area contributed by atoms with Crippen molar-refractivity contribution in [2.75, 3.05) is 26.5 Å². The predicted molar refractivity (Wildman–Crippen MR) is 126 cm³/mol. The molecule has 2 aliphatic rings. The van der Waals surface area contributed by atoms with Crippen molar-refractivity contribution < 1.29 is 18.7 Å². The maximum absolute atomic E-state index is 14.8. The minimum absolute atomic E-state index is 0.0195. The number of likely N-dealkylation sites (N-methyl/N-ethyl adjacent to an activating group) is 1. The molecule has 1 aromatic carbocycles. The number of nitriles is 2. The Balaban J connectivity index is 1.75. The van der Waals surface area contributed by atoms with Gasteiger partial charge >= 0.3 is 5.97 Å². The number of allylic oxidation sites excluding steroid dienone is 1. The summed E-state index contributed by atoms with van der Waals surface area (Å²) in [5.74, 6) is -2.49. The fourth-order valence-electron chi connectivity index (χ4n) is 4.20. The molecule has 8 nitrogen and oxygen atoms in total. The van der Waals surface area contributed by atoms with E-state index in [4.69, 9.17) is 20.2 Å². The summed E-state index contributed by atoms with van der Waals surface area (Å²) in [6.45, 7) is 1.57. The van der Waals surface area contributed by atoms with Gasteiger partial charge in [0.25, 0.3) is 0 Å². The van der Waals surface area contributed by atoms with Gasteiger partial charge in [0, 0.05) is 30.8 Å². The van der Waals surface area contributed by atoms with Crippen LogP contribution in [0.25, 0.3) is 0 Å². The second-order valence-corrected chi connectivity index (χ2v) is 9.07. The van der Waals surface area contributed by atoms with Gasteiger partial charge in [-0.05, 0) is 24.7 Å². The average molecular weight is 492 g/mol. The number of methoxy groups -OCH3 is 1. The van der Waals surface area contributed by atoms with Crippen LogP contribution in [0.15, 0.2) is 58.1 Å². The smallest absolute Gasteiger partial charge is 0.338 e. The number of nitrogens with zero attached hydrogens (tertiary/aromatic N) is 4. The Hall–Kier alpha value is -3.86. The Bertz CT molecular complexity index is 1340. The van der Waals surface area contributed by atoms with Crippen molar-refractivity contribution in [2.45, 2.75) is 23.9 Å². The van der Waals surface area contributed by atoms with Crippen LogP contribution in [-0.4, -0.2) is 42.3 Å². The Kier molecular flexibility index (Phi) is 7.06. The van der Waals surface area contributed by atoms with Crippen LogP contribution in [-0.2, 0) is 27.2 Å². The number of aromatic nitrogens is 1. The van der Waals surface area contributed by atoms with Crippen LogP contribution in [0.1, 0.15) is 28.3 Å². The first kappa shape index (κ1) is 24.3. The largest absolute Gasteiger partial charge is 0.466 e. The molecule has 2 aromatic rings. The molecule has 178 valence electrons. The number of esters is 1. The number of benzene rings is 1. The first-order chi connectivity index (χ1) is 16.9. The van der Waals surface area contributed by atoms with Crippen molar-refractivity contribution in [1.82, 2.24) is 9.88 Å². The molecule has 2 aliphatic heterocycles. The molecule has 3 heterocycles. The lowest BCUT2D eigenvalue weighted by atomic mass is 9.83. The lowest BCUT2D eigenvalue weighted by Gasteiger charge is -2.28. The molecule has 35 heavy (non-hydrogen) atoms. The number of fused-ring (bicyclic) bond motifs is 1. The number of carbonyl (C=O) groups is 1. The fraction of sp³-hybridized carbons (Fsp3) is 0.280. The zero-order chi connectivity index (χ0) is 25.1. The topological polar surface area (TPSA) is 125 Å². The third kappa shape index (κ3) is 4.72. The summed E-state index contributed by atoms with van der Waals surface area (Å²) < 4.78 is 25.4. The van der Waals surface area contributed by atoms with Crippen LogP contribution in [0.5, 0.6) is 0 Å². The number of thioether (sulfide) groups is 1. The van der Waals surface area contributed by atoms with Gasteiger partial charge in [-0.1, -0.05) is 30.0 Å². The van der Waals surface area contributed by atoms with E-state index in [1.807, 2.05) is 19.2 Å². The van der Waals surface area contributed by atoms with E-state index < -0.39 is 17.7 Å². The number of ether oxygens (including phenoxy) is 2. The van der Waals surface area contributed by atoms with Gasteiger partial charge in [0.15, 0.2) is 0 Å². The molecule has 0 bridgehead atoms. The summed E-state index contributed by atoms with van der Waals surface area (Å²) in [5.41, 5.74) is 8.37. The molecule has 0 saturated carbocycles. The summed E-state index contributed by atoms with van der Waals surface area (Å²) >= 11 is 1.20. The highest BCUT2D eigenvalue weighted by Gasteiger charge is 2.38. The first-order valence-electron chi connectivity index (χ1n) is 10.8. The molecule has 0 saturated heterocycles. The number of carbonyl (C=O) groups excluding carboxylic acids is 1. The van der Waals surface area contributed by atoms with Crippen LogP contribution < -0.4 is 5.73 Å². The number of halogens is 1. The highest BCUT2D eigenvalue weighted by molar-refractivity contribution is 7.99. The molecular weight excluding hydrogens is 469 g/mol. The number of hydrogen-bond donors (Lipinski definition) is 1. The standard InChI is InChI=1S/C25H22FN5O3S/c1-31-8-7-19-15(12-31)9-14(10-27)24(30-19)35-13-20-22(25(32)33-2)21(17(11-28)23(29)34-20)16-5-3-4-6-18(16)26/h3-6,9,21H,7-8,12-13,29H2,1-2H3/t21-/m0/s1. The van der Waals surface area contributed by atoms with E-state index in [1.165, 1.54) is 37.1 Å². The van der Waals surface area contributed by atoms with Crippen molar-refractivity contribution in [3.8, 4) is 12.1 Å².